The van der Waals surface area contributed by atoms with E-state index in [4.69, 9.17) is 16.3 Å². The van der Waals surface area contributed by atoms with E-state index in [-0.39, 0.29) is 90.6 Å². The molecule has 212 valence electrons. The Labute approximate surface area is 252 Å². The molecule has 4 atom stereocenters. The lowest BCUT2D eigenvalue weighted by atomic mass is 10.0. The van der Waals surface area contributed by atoms with Crippen molar-refractivity contribution in [1.29, 1.82) is 0 Å². The van der Waals surface area contributed by atoms with Gasteiger partial charge in [-0.2, -0.15) is 54.0 Å². The number of rotatable bonds is 6. The number of nitrogens with one attached hydrogen (secondary N) is 1. The summed E-state index contributed by atoms with van der Waals surface area (Å²) < 4.78 is 5.49. The van der Waals surface area contributed by atoms with Gasteiger partial charge in [-0.15, -0.1) is 11.6 Å². The van der Waals surface area contributed by atoms with E-state index >= 15 is 0 Å². The van der Waals surface area contributed by atoms with Gasteiger partial charge in [0.05, 0.1) is 5.38 Å². The first-order valence-corrected chi connectivity index (χ1v) is 12.1. The zero-order valence-corrected chi connectivity index (χ0v) is 26.3. The monoisotopic (exact) mass is 612 g/mol. The lowest BCUT2D eigenvalue weighted by Gasteiger charge is -2.34. The molecular formula is C24H41ClN4O4S4. The zero-order chi connectivity index (χ0) is 23.7. The van der Waals surface area contributed by atoms with Crippen molar-refractivity contribution in [2.45, 2.75) is 43.8 Å². The Morgan fingerprint density at radius 1 is 1.05 bits per heavy atom. The van der Waals surface area contributed by atoms with Crippen LogP contribution in [0.5, 0.6) is 0 Å². The van der Waals surface area contributed by atoms with Crippen molar-refractivity contribution in [2.24, 2.45) is 5.92 Å². The molecule has 0 radical (unpaired) electrons. The van der Waals surface area contributed by atoms with Crippen LogP contribution < -0.4 is 10.2 Å². The number of alkyl halides is 1. The van der Waals surface area contributed by atoms with Crippen LogP contribution in [0, 0.1) is 5.92 Å². The van der Waals surface area contributed by atoms with E-state index in [1.165, 1.54) is 4.90 Å². The molecule has 8 nitrogen and oxygen atoms in total. The number of hydrogen-bond acceptors (Lipinski definition) is 6. The third-order valence-corrected chi connectivity index (χ3v) is 7.10. The van der Waals surface area contributed by atoms with Crippen LogP contribution in [0.25, 0.3) is 0 Å². The number of carbonyl (C=O) groups excluding carboxylic acids is 3. The van der Waals surface area contributed by atoms with Crippen LogP contribution in [0.4, 0.5) is 5.69 Å². The number of anilines is 1. The van der Waals surface area contributed by atoms with Crippen molar-refractivity contribution in [2.75, 3.05) is 51.3 Å². The number of halogens is 1. The molecule has 3 aliphatic heterocycles. The fourth-order valence-corrected chi connectivity index (χ4v) is 5.21. The smallest absolute Gasteiger partial charge is 0.251 e. The number of fused-ring (bicyclic) bond motifs is 1. The first-order valence-electron chi connectivity index (χ1n) is 11.7. The molecule has 3 aliphatic rings. The molecule has 1 N–H and O–H groups in total. The van der Waals surface area contributed by atoms with E-state index in [0.717, 1.165) is 31.9 Å². The van der Waals surface area contributed by atoms with Crippen LogP contribution in [0.1, 0.15) is 30.6 Å². The predicted octanol–water partition coefficient (Wildman–Crippen LogP) is 1.82. The van der Waals surface area contributed by atoms with Crippen LogP contribution in [0.2, 0.25) is 0 Å². The molecule has 0 bridgehead atoms. The molecule has 1 aromatic carbocycles. The summed E-state index contributed by atoms with van der Waals surface area (Å²) in [5.41, 5.74) is 1.59. The molecular weight excluding hydrogens is 572 g/mol. The molecule has 1 aromatic rings. The highest BCUT2D eigenvalue weighted by Crippen LogP contribution is 2.31. The van der Waals surface area contributed by atoms with Gasteiger partial charge in [0.25, 0.3) is 5.91 Å². The van der Waals surface area contributed by atoms with Crippen LogP contribution in [-0.2, 0) is 14.3 Å². The molecule has 0 aromatic heterocycles. The summed E-state index contributed by atoms with van der Waals surface area (Å²) in [5.74, 6) is -0.528. The number of benzene rings is 1. The minimum absolute atomic E-state index is 0. The molecule has 3 saturated heterocycles. The Hall–Kier alpha value is -0.760. The van der Waals surface area contributed by atoms with Gasteiger partial charge in [-0.05, 0) is 43.7 Å². The van der Waals surface area contributed by atoms with Crippen LogP contribution in [0.15, 0.2) is 24.3 Å². The van der Waals surface area contributed by atoms with Gasteiger partial charge < -0.3 is 24.8 Å². The number of Topliss-reactive ketones (excluding diaryl/α,β-unsaturated/α-hetero) is 1. The number of ether oxygens (including phenoxy) is 1. The Morgan fingerprint density at radius 3 is 2.22 bits per heavy atom. The average molecular weight is 613 g/mol. The van der Waals surface area contributed by atoms with Crippen molar-refractivity contribution < 1.29 is 19.1 Å². The number of carbonyl (C=O) groups is 3. The molecule has 3 fully saturated rings. The summed E-state index contributed by atoms with van der Waals surface area (Å²) in [6, 6.07) is 6.12. The van der Waals surface area contributed by atoms with Gasteiger partial charge in [-0.25, -0.2) is 0 Å². The standard InChI is InChI=1S/C24H33ClN4O4.4H2S/c1-15(2)12-19(24(32)29-13-18(25)22-21(29)20(30)14-33-22)26-23(31)16-4-6-17(7-5-16)28-10-8-27(3)9-11-28;;;;/h4-7,15,18-19,21-22H,8-14H2,1-3H3,(H,26,31);4*1H2/t18-,19+,21-,22-;;;;/m1..../s1. The van der Waals surface area contributed by atoms with E-state index in [1.807, 2.05) is 26.0 Å². The Kier molecular flexibility index (Phi) is 15.4. The molecule has 3 heterocycles. The third-order valence-electron chi connectivity index (χ3n) is 6.71. The number of nitrogens with zero attached hydrogens (tertiary/aromatic N) is 3. The first-order chi connectivity index (χ1) is 15.7. The quantitative estimate of drug-likeness (QED) is 0.494. The van der Waals surface area contributed by atoms with Crippen molar-refractivity contribution in [3.8, 4) is 0 Å². The number of ketones is 1. The molecule has 13 heteroatoms. The lowest BCUT2D eigenvalue weighted by molar-refractivity contribution is -0.138. The summed E-state index contributed by atoms with van der Waals surface area (Å²) in [6.07, 6.45) is 0.000430. The lowest BCUT2D eigenvalue weighted by Crippen LogP contribution is -2.52. The Bertz CT molecular complexity index is 903. The Morgan fingerprint density at radius 2 is 1.65 bits per heavy atom. The maximum Gasteiger partial charge on any atom is 0.251 e. The largest absolute Gasteiger partial charge is 0.369 e. The Balaban J connectivity index is 0.00000324. The third kappa shape index (κ3) is 8.36. The second-order valence-electron chi connectivity index (χ2n) is 9.69. The molecule has 37 heavy (non-hydrogen) atoms. The van der Waals surface area contributed by atoms with Gasteiger partial charge in [-0.1, -0.05) is 13.8 Å². The predicted molar refractivity (Wildman–Crippen MR) is 168 cm³/mol. The maximum absolute atomic E-state index is 13.4. The first kappa shape index (κ1) is 36.2. The summed E-state index contributed by atoms with van der Waals surface area (Å²) in [6.45, 7) is 8.14. The SMILES string of the molecule is CC(C)C[C@H](NC(=O)c1ccc(N2CCN(C)CC2)cc1)C(=O)N1C[C@@H](Cl)[C@H]2OCC(=O)[C@H]21.S.S.S.S. The fourth-order valence-electron chi connectivity index (χ4n) is 4.85. The van der Waals surface area contributed by atoms with Gasteiger partial charge in [0.2, 0.25) is 5.91 Å². The second kappa shape index (κ2) is 15.7. The number of amides is 2. The number of hydrogen-bond donors (Lipinski definition) is 1. The van der Waals surface area contributed by atoms with Crippen molar-refractivity contribution in [1.82, 2.24) is 15.1 Å². The van der Waals surface area contributed by atoms with Gasteiger partial charge in [-0.3, -0.25) is 14.4 Å². The van der Waals surface area contributed by atoms with E-state index in [0.29, 0.717) is 12.0 Å². The number of piperazine rings is 1. The summed E-state index contributed by atoms with van der Waals surface area (Å²) in [7, 11) is 2.12. The fraction of sp³-hybridized carbons (Fsp3) is 0.625. The van der Waals surface area contributed by atoms with E-state index in [1.54, 1.807) is 12.1 Å². The van der Waals surface area contributed by atoms with Crippen LogP contribution in [-0.4, -0.2) is 97.3 Å². The highest BCUT2D eigenvalue weighted by molar-refractivity contribution is 7.59. The molecule has 4 rings (SSSR count). The molecule has 0 saturated carbocycles. The minimum atomic E-state index is -0.731. The van der Waals surface area contributed by atoms with E-state index in [9.17, 15) is 14.4 Å². The van der Waals surface area contributed by atoms with E-state index in [2.05, 4.69) is 22.2 Å². The van der Waals surface area contributed by atoms with Gasteiger partial charge >= 0.3 is 0 Å². The normalized spacial score (nSPS) is 23.7. The average Bonchev–Trinajstić information content (AvgIpc) is 3.33. The van der Waals surface area contributed by atoms with Gasteiger partial charge in [0, 0.05) is 44.0 Å². The van der Waals surface area contributed by atoms with Crippen molar-refractivity contribution in [3.05, 3.63) is 29.8 Å². The number of likely N-dealkylation sites (N-methyl/N-ethyl adjacent to an activating group) is 1. The summed E-state index contributed by atoms with van der Waals surface area (Å²) in [4.78, 5) is 44.8. The highest BCUT2D eigenvalue weighted by atomic mass is 35.5. The summed E-state index contributed by atoms with van der Waals surface area (Å²) in [5, 5.41) is 2.48. The van der Waals surface area contributed by atoms with Gasteiger partial charge in [0.15, 0.2) is 5.78 Å². The van der Waals surface area contributed by atoms with E-state index < -0.39 is 23.6 Å². The minimum Gasteiger partial charge on any atom is -0.369 e. The molecule has 0 spiro atoms. The molecule has 0 aliphatic carbocycles. The maximum atomic E-state index is 13.4. The second-order valence-corrected chi connectivity index (χ2v) is 10.2. The molecule has 2 amide bonds. The highest BCUT2D eigenvalue weighted by Gasteiger charge is 2.52. The number of likely N-dealkylation sites (tertiary alicyclic amines) is 1. The summed E-state index contributed by atoms with van der Waals surface area (Å²) >= 11 is 6.35. The topological polar surface area (TPSA) is 82.2 Å². The molecule has 0 unspecified atom stereocenters. The van der Waals surface area contributed by atoms with Gasteiger partial charge in [0.1, 0.15) is 24.8 Å². The van der Waals surface area contributed by atoms with Crippen molar-refractivity contribution >= 4 is 88.9 Å². The zero-order valence-electron chi connectivity index (χ0n) is 21.5. The van der Waals surface area contributed by atoms with Crippen LogP contribution in [0.3, 0.4) is 0 Å². The van der Waals surface area contributed by atoms with Crippen molar-refractivity contribution in [3.63, 3.8) is 0 Å². The van der Waals surface area contributed by atoms with Crippen LogP contribution >= 0.6 is 65.6 Å².